The van der Waals surface area contributed by atoms with Crippen LogP contribution in [0.25, 0.3) is 0 Å². The van der Waals surface area contributed by atoms with Crippen LogP contribution >= 0.6 is 11.3 Å². The number of pyridine rings is 1. The van der Waals surface area contributed by atoms with E-state index < -0.39 is 0 Å². The topological polar surface area (TPSA) is 67.4 Å². The highest BCUT2D eigenvalue weighted by atomic mass is 32.1. The number of nitrogens with zero attached hydrogens (tertiary/aromatic N) is 3. The quantitative estimate of drug-likeness (QED) is 0.884. The number of likely N-dealkylation sites (tertiary alicyclic amines) is 1. The number of hydrogen-bond donors (Lipinski definition) is 1. The molecule has 0 bridgehead atoms. The molecule has 2 atom stereocenters. The van der Waals surface area contributed by atoms with E-state index in [1.165, 1.54) is 4.88 Å². The lowest BCUT2D eigenvalue weighted by Gasteiger charge is -2.28. The van der Waals surface area contributed by atoms with Crippen LogP contribution in [0.15, 0.2) is 30.0 Å². The first-order valence-corrected chi connectivity index (χ1v) is 9.48. The summed E-state index contributed by atoms with van der Waals surface area (Å²) in [4.78, 5) is 24.7. The Labute approximate surface area is 151 Å². The van der Waals surface area contributed by atoms with Crippen LogP contribution in [0.2, 0.25) is 0 Å². The number of carbonyl (C=O) groups is 1. The molecule has 1 spiro atoms. The number of thiazole rings is 1. The van der Waals surface area contributed by atoms with E-state index >= 15 is 0 Å². The van der Waals surface area contributed by atoms with Gasteiger partial charge in [-0.25, -0.2) is 4.98 Å². The molecule has 1 N–H and O–H groups in total. The van der Waals surface area contributed by atoms with E-state index in [-0.39, 0.29) is 17.2 Å². The van der Waals surface area contributed by atoms with E-state index in [2.05, 4.69) is 20.2 Å². The standard InChI is InChI=1S/C18H22N4O2S/c1-13-16(25-12-21-13)9-22-6-4-18(11-22)14(7-20-17(18)23)10-24-15-3-2-5-19-8-15/h2-3,5,8,12,14H,4,6-7,9-11H2,1H3,(H,20,23)/t14-,18+/m1/s1. The van der Waals surface area contributed by atoms with Crippen LogP contribution < -0.4 is 10.1 Å². The predicted molar refractivity (Wildman–Crippen MR) is 95.4 cm³/mol. The summed E-state index contributed by atoms with van der Waals surface area (Å²) in [5.74, 6) is 1.12. The largest absolute Gasteiger partial charge is 0.492 e. The molecule has 2 aromatic heterocycles. The molecular formula is C18H22N4O2S. The van der Waals surface area contributed by atoms with Gasteiger partial charge in [-0.1, -0.05) is 0 Å². The van der Waals surface area contributed by atoms with Crippen molar-refractivity contribution in [2.75, 3.05) is 26.2 Å². The smallest absolute Gasteiger partial charge is 0.228 e. The second-order valence-corrected chi connectivity index (χ2v) is 7.82. The van der Waals surface area contributed by atoms with Crippen molar-refractivity contribution in [1.82, 2.24) is 20.2 Å². The molecule has 6 nitrogen and oxygen atoms in total. The van der Waals surface area contributed by atoms with Crippen molar-refractivity contribution in [1.29, 1.82) is 0 Å². The summed E-state index contributed by atoms with van der Waals surface area (Å²) in [6, 6.07) is 3.76. The van der Waals surface area contributed by atoms with E-state index in [0.717, 1.165) is 37.5 Å². The lowest BCUT2D eigenvalue weighted by Crippen LogP contribution is -2.40. The first kappa shape index (κ1) is 16.5. The Kier molecular flexibility index (Phi) is 4.43. The van der Waals surface area contributed by atoms with Crippen molar-refractivity contribution in [3.8, 4) is 5.75 Å². The number of aromatic nitrogens is 2. The van der Waals surface area contributed by atoms with Crippen molar-refractivity contribution in [3.05, 3.63) is 40.6 Å². The Morgan fingerprint density at radius 1 is 1.52 bits per heavy atom. The van der Waals surface area contributed by atoms with Crippen molar-refractivity contribution in [2.45, 2.75) is 19.9 Å². The van der Waals surface area contributed by atoms with Crippen LogP contribution in [-0.2, 0) is 11.3 Å². The van der Waals surface area contributed by atoms with E-state index in [9.17, 15) is 4.79 Å². The highest BCUT2D eigenvalue weighted by molar-refractivity contribution is 7.09. The molecule has 25 heavy (non-hydrogen) atoms. The second kappa shape index (κ2) is 6.72. The maximum absolute atomic E-state index is 12.6. The molecule has 0 unspecified atom stereocenters. The monoisotopic (exact) mass is 358 g/mol. The maximum Gasteiger partial charge on any atom is 0.228 e. The predicted octanol–water partition coefficient (Wildman–Crippen LogP) is 1.86. The average molecular weight is 358 g/mol. The number of carbonyl (C=O) groups excluding carboxylic acids is 1. The van der Waals surface area contributed by atoms with Crippen molar-refractivity contribution < 1.29 is 9.53 Å². The number of ether oxygens (including phenoxy) is 1. The highest BCUT2D eigenvalue weighted by Crippen LogP contribution is 2.42. The fourth-order valence-corrected chi connectivity index (χ4v) is 4.69. The van der Waals surface area contributed by atoms with Crippen LogP contribution in [0.3, 0.4) is 0 Å². The summed E-state index contributed by atoms with van der Waals surface area (Å²) in [5, 5.41) is 3.06. The highest BCUT2D eigenvalue weighted by Gasteiger charge is 2.54. The number of hydrogen-bond acceptors (Lipinski definition) is 6. The van der Waals surface area contributed by atoms with Crippen LogP contribution in [0.5, 0.6) is 5.75 Å². The summed E-state index contributed by atoms with van der Waals surface area (Å²) in [6.07, 6.45) is 4.33. The zero-order valence-electron chi connectivity index (χ0n) is 14.3. The summed E-state index contributed by atoms with van der Waals surface area (Å²) in [6.45, 7) is 5.88. The zero-order chi connectivity index (χ0) is 17.3. The fraction of sp³-hybridized carbons (Fsp3) is 0.500. The van der Waals surface area contributed by atoms with Gasteiger partial charge < -0.3 is 10.1 Å². The summed E-state index contributed by atoms with van der Waals surface area (Å²) < 4.78 is 5.90. The molecule has 2 aliphatic rings. The number of rotatable bonds is 5. The molecule has 4 rings (SSSR count). The SMILES string of the molecule is Cc1ncsc1CN1CC[C@@]2(C1)C(=O)NC[C@@H]2COc1cccnc1. The van der Waals surface area contributed by atoms with Gasteiger partial charge in [0, 0.05) is 36.6 Å². The minimum absolute atomic E-state index is 0.177. The van der Waals surface area contributed by atoms with Crippen LogP contribution in [-0.4, -0.2) is 47.0 Å². The Hall–Kier alpha value is -1.99. The summed E-state index contributed by atoms with van der Waals surface area (Å²) in [7, 11) is 0. The molecular weight excluding hydrogens is 336 g/mol. The third-order valence-electron chi connectivity index (χ3n) is 5.42. The Balaban J connectivity index is 1.43. The summed E-state index contributed by atoms with van der Waals surface area (Å²) in [5.41, 5.74) is 2.66. The zero-order valence-corrected chi connectivity index (χ0v) is 15.1. The Bertz CT molecular complexity index is 751. The maximum atomic E-state index is 12.6. The molecule has 0 radical (unpaired) electrons. The van der Waals surface area contributed by atoms with Gasteiger partial charge >= 0.3 is 0 Å². The van der Waals surface area contributed by atoms with E-state index in [0.29, 0.717) is 13.2 Å². The van der Waals surface area contributed by atoms with Gasteiger partial charge in [-0.05, 0) is 32.0 Å². The first-order chi connectivity index (χ1) is 12.2. The van der Waals surface area contributed by atoms with E-state index in [1.54, 1.807) is 23.7 Å². The van der Waals surface area contributed by atoms with Crippen LogP contribution in [0.1, 0.15) is 17.0 Å². The van der Waals surface area contributed by atoms with Gasteiger partial charge in [-0.3, -0.25) is 14.7 Å². The number of aryl methyl sites for hydroxylation is 1. The molecule has 132 valence electrons. The van der Waals surface area contributed by atoms with Crippen molar-refractivity contribution in [2.24, 2.45) is 11.3 Å². The van der Waals surface area contributed by atoms with Crippen LogP contribution in [0.4, 0.5) is 0 Å². The fourth-order valence-electron chi connectivity index (χ4n) is 3.87. The normalized spacial score (nSPS) is 26.3. The molecule has 0 aliphatic carbocycles. The molecule has 2 saturated heterocycles. The minimum Gasteiger partial charge on any atom is -0.492 e. The van der Waals surface area contributed by atoms with Crippen molar-refractivity contribution in [3.63, 3.8) is 0 Å². The van der Waals surface area contributed by atoms with Gasteiger partial charge in [0.2, 0.25) is 5.91 Å². The van der Waals surface area contributed by atoms with Crippen molar-refractivity contribution >= 4 is 17.2 Å². The number of amides is 1. The third kappa shape index (κ3) is 3.14. The van der Waals surface area contributed by atoms with Gasteiger partial charge in [0.1, 0.15) is 5.75 Å². The Morgan fingerprint density at radius 2 is 2.44 bits per heavy atom. The summed E-state index contributed by atoms with van der Waals surface area (Å²) >= 11 is 1.69. The third-order valence-corrected chi connectivity index (χ3v) is 6.34. The van der Waals surface area contributed by atoms with Crippen LogP contribution in [0, 0.1) is 18.3 Å². The second-order valence-electron chi connectivity index (χ2n) is 6.88. The molecule has 2 aliphatic heterocycles. The van der Waals surface area contributed by atoms with Gasteiger partial charge in [-0.2, -0.15) is 0 Å². The molecule has 2 fully saturated rings. The molecule has 0 saturated carbocycles. The van der Waals surface area contributed by atoms with E-state index in [1.807, 2.05) is 24.6 Å². The van der Waals surface area contributed by atoms with E-state index in [4.69, 9.17) is 4.74 Å². The van der Waals surface area contributed by atoms with Gasteiger partial charge in [0.25, 0.3) is 0 Å². The molecule has 1 amide bonds. The van der Waals surface area contributed by atoms with Gasteiger partial charge in [-0.15, -0.1) is 11.3 Å². The lowest BCUT2D eigenvalue weighted by atomic mass is 9.77. The lowest BCUT2D eigenvalue weighted by molar-refractivity contribution is -0.128. The minimum atomic E-state index is -0.333. The molecule has 4 heterocycles. The Morgan fingerprint density at radius 3 is 3.20 bits per heavy atom. The number of nitrogens with one attached hydrogen (secondary N) is 1. The molecule has 2 aromatic rings. The van der Waals surface area contributed by atoms with Gasteiger partial charge in [0.15, 0.2) is 0 Å². The first-order valence-electron chi connectivity index (χ1n) is 8.60. The van der Waals surface area contributed by atoms with Gasteiger partial charge in [0.05, 0.1) is 29.4 Å². The molecule has 7 heteroatoms. The molecule has 0 aromatic carbocycles. The average Bonchev–Trinajstić information content (AvgIpc) is 3.31.